The van der Waals surface area contributed by atoms with Gasteiger partial charge in [0.25, 0.3) is 0 Å². The molecule has 0 aromatic carbocycles. The maximum Gasteiger partial charge on any atom is 0.319 e. The molecule has 1 heterocycles. The lowest BCUT2D eigenvalue weighted by Crippen LogP contribution is -2.26. The molecule has 1 aliphatic heterocycles. The second-order valence-corrected chi connectivity index (χ2v) is 2.97. The first-order valence-electron chi connectivity index (χ1n) is 4.49. The maximum atomic E-state index is 11.5. The fourth-order valence-electron chi connectivity index (χ4n) is 1.43. The third kappa shape index (κ3) is 1.39. The van der Waals surface area contributed by atoms with Crippen LogP contribution < -0.4 is 0 Å². The highest BCUT2D eigenvalue weighted by molar-refractivity contribution is 6.25. The lowest BCUT2D eigenvalue weighted by atomic mass is 9.93. The van der Waals surface area contributed by atoms with Gasteiger partial charge >= 0.3 is 5.97 Å². The number of fused-ring (bicyclic) bond motifs is 1. The van der Waals surface area contributed by atoms with Gasteiger partial charge in [0.05, 0.1) is 18.5 Å². The van der Waals surface area contributed by atoms with E-state index in [1.807, 2.05) is 12.2 Å². The van der Waals surface area contributed by atoms with E-state index in [-0.39, 0.29) is 5.97 Å². The van der Waals surface area contributed by atoms with E-state index < -0.39 is 5.92 Å². The Bertz CT molecular complexity index is 378. The van der Waals surface area contributed by atoms with Gasteiger partial charge in [0.15, 0.2) is 0 Å². The molecule has 0 N–H and O–H groups in total. The summed E-state index contributed by atoms with van der Waals surface area (Å²) in [6.45, 7) is 2.17. The first kappa shape index (κ1) is 8.87. The number of carbonyl (C=O) groups excluding carboxylic acids is 1. The van der Waals surface area contributed by atoms with Crippen LogP contribution in [0.4, 0.5) is 0 Å². The molecule has 4 nitrogen and oxygen atoms in total. The topological polar surface area (TPSA) is 51.0 Å². The SMILES string of the molecule is CCOC(=O)[C@@H]1C=CC=C2C=NN=C21. The Morgan fingerprint density at radius 3 is 3.29 bits per heavy atom. The van der Waals surface area contributed by atoms with E-state index in [0.717, 1.165) is 5.57 Å². The lowest BCUT2D eigenvalue weighted by molar-refractivity contribution is -0.144. The summed E-state index contributed by atoms with van der Waals surface area (Å²) in [4.78, 5) is 11.5. The van der Waals surface area contributed by atoms with Crippen molar-refractivity contribution in [2.75, 3.05) is 6.61 Å². The summed E-state index contributed by atoms with van der Waals surface area (Å²) in [6.07, 6.45) is 7.12. The zero-order valence-electron chi connectivity index (χ0n) is 7.80. The number of nitrogens with zero attached hydrogens (tertiary/aromatic N) is 2. The molecule has 0 bridgehead atoms. The fraction of sp³-hybridized carbons (Fsp3) is 0.300. The van der Waals surface area contributed by atoms with Gasteiger partial charge in [0.1, 0.15) is 5.92 Å². The zero-order chi connectivity index (χ0) is 9.97. The molecule has 0 fully saturated rings. The van der Waals surface area contributed by atoms with Crippen LogP contribution in [0.15, 0.2) is 34.0 Å². The minimum absolute atomic E-state index is 0.265. The lowest BCUT2D eigenvalue weighted by Gasteiger charge is -2.14. The van der Waals surface area contributed by atoms with Crippen molar-refractivity contribution in [1.82, 2.24) is 0 Å². The Hall–Kier alpha value is -1.71. The monoisotopic (exact) mass is 190 g/mol. The van der Waals surface area contributed by atoms with Crippen molar-refractivity contribution in [2.45, 2.75) is 6.92 Å². The van der Waals surface area contributed by atoms with E-state index >= 15 is 0 Å². The summed E-state index contributed by atoms with van der Waals surface area (Å²) >= 11 is 0. The maximum absolute atomic E-state index is 11.5. The molecule has 2 aliphatic rings. The molecule has 0 unspecified atom stereocenters. The smallest absolute Gasteiger partial charge is 0.319 e. The Morgan fingerprint density at radius 1 is 1.64 bits per heavy atom. The van der Waals surface area contributed by atoms with Crippen LogP contribution in [-0.4, -0.2) is 24.5 Å². The standard InChI is InChI=1S/C10H10N2O2/c1-2-14-10(13)8-5-3-4-7-6-11-12-9(7)8/h3-6,8H,2H2,1H3/t8-/m1/s1. The van der Waals surface area contributed by atoms with E-state index in [9.17, 15) is 4.79 Å². The van der Waals surface area contributed by atoms with E-state index in [2.05, 4.69) is 10.2 Å². The predicted molar refractivity (Wildman–Crippen MR) is 53.3 cm³/mol. The number of rotatable bonds is 2. The Balaban J connectivity index is 2.20. The van der Waals surface area contributed by atoms with Gasteiger partial charge in [0.2, 0.25) is 0 Å². The minimum Gasteiger partial charge on any atom is -0.465 e. The average molecular weight is 190 g/mol. The van der Waals surface area contributed by atoms with Crippen molar-refractivity contribution in [1.29, 1.82) is 0 Å². The normalized spacial score (nSPS) is 22.8. The average Bonchev–Trinajstić information content (AvgIpc) is 2.65. The number of esters is 1. The minimum atomic E-state index is -0.391. The second kappa shape index (κ2) is 3.57. The van der Waals surface area contributed by atoms with Gasteiger partial charge in [-0.05, 0) is 6.92 Å². The molecule has 14 heavy (non-hydrogen) atoms. The van der Waals surface area contributed by atoms with Crippen molar-refractivity contribution in [3.8, 4) is 0 Å². The highest BCUT2D eigenvalue weighted by atomic mass is 16.5. The van der Waals surface area contributed by atoms with Gasteiger partial charge in [-0.2, -0.15) is 10.2 Å². The van der Waals surface area contributed by atoms with Crippen molar-refractivity contribution in [2.24, 2.45) is 16.1 Å². The third-order valence-electron chi connectivity index (χ3n) is 2.07. The summed E-state index contributed by atoms with van der Waals surface area (Å²) in [7, 11) is 0. The molecule has 72 valence electrons. The van der Waals surface area contributed by atoms with Gasteiger partial charge in [-0.25, -0.2) is 0 Å². The first-order chi connectivity index (χ1) is 6.83. The largest absolute Gasteiger partial charge is 0.465 e. The summed E-state index contributed by atoms with van der Waals surface area (Å²) < 4.78 is 4.94. The van der Waals surface area contributed by atoms with E-state index in [4.69, 9.17) is 4.74 Å². The summed E-state index contributed by atoms with van der Waals surface area (Å²) in [5.74, 6) is -0.656. The van der Waals surface area contributed by atoms with Crippen LogP contribution in [-0.2, 0) is 9.53 Å². The van der Waals surface area contributed by atoms with Gasteiger partial charge in [-0.15, -0.1) is 0 Å². The number of allylic oxidation sites excluding steroid dienone is 3. The van der Waals surface area contributed by atoms with Gasteiger partial charge < -0.3 is 4.74 Å². The predicted octanol–water partition coefficient (Wildman–Crippen LogP) is 1.10. The molecule has 0 aromatic heterocycles. The number of hydrogen-bond acceptors (Lipinski definition) is 4. The third-order valence-corrected chi connectivity index (χ3v) is 2.07. The second-order valence-electron chi connectivity index (χ2n) is 2.97. The van der Waals surface area contributed by atoms with Crippen LogP contribution in [0.1, 0.15) is 6.92 Å². The molecule has 0 aromatic rings. The molecule has 4 heteroatoms. The van der Waals surface area contributed by atoms with E-state index in [0.29, 0.717) is 12.3 Å². The van der Waals surface area contributed by atoms with Gasteiger partial charge in [-0.1, -0.05) is 18.2 Å². The Kier molecular flexibility index (Phi) is 2.26. The van der Waals surface area contributed by atoms with Crippen molar-refractivity contribution >= 4 is 17.9 Å². The highest BCUT2D eigenvalue weighted by Crippen LogP contribution is 2.20. The van der Waals surface area contributed by atoms with Crippen LogP contribution in [0.3, 0.4) is 0 Å². The number of carbonyl (C=O) groups is 1. The molecule has 1 atom stereocenters. The Labute approximate surface area is 81.7 Å². The highest BCUT2D eigenvalue weighted by Gasteiger charge is 2.28. The van der Waals surface area contributed by atoms with Crippen LogP contribution >= 0.6 is 0 Å². The number of hydrogen-bond donors (Lipinski definition) is 0. The van der Waals surface area contributed by atoms with Crippen molar-refractivity contribution < 1.29 is 9.53 Å². The van der Waals surface area contributed by atoms with Crippen LogP contribution in [0, 0.1) is 5.92 Å². The van der Waals surface area contributed by atoms with E-state index in [1.54, 1.807) is 19.2 Å². The van der Waals surface area contributed by atoms with Crippen molar-refractivity contribution in [3.05, 3.63) is 23.8 Å². The molecular weight excluding hydrogens is 180 g/mol. The van der Waals surface area contributed by atoms with Gasteiger partial charge in [0, 0.05) is 5.57 Å². The molecular formula is C10H10N2O2. The zero-order valence-corrected chi connectivity index (χ0v) is 7.80. The van der Waals surface area contributed by atoms with Crippen LogP contribution in [0.5, 0.6) is 0 Å². The Morgan fingerprint density at radius 2 is 2.50 bits per heavy atom. The molecule has 0 radical (unpaired) electrons. The van der Waals surface area contributed by atoms with Gasteiger partial charge in [-0.3, -0.25) is 4.79 Å². The summed E-state index contributed by atoms with van der Waals surface area (Å²) in [6, 6.07) is 0. The van der Waals surface area contributed by atoms with E-state index in [1.165, 1.54) is 0 Å². The number of ether oxygens (including phenoxy) is 1. The molecule has 0 saturated heterocycles. The molecule has 1 aliphatic carbocycles. The molecule has 0 spiro atoms. The molecule has 0 saturated carbocycles. The molecule has 2 rings (SSSR count). The summed E-state index contributed by atoms with van der Waals surface area (Å²) in [5.41, 5.74) is 1.58. The quantitative estimate of drug-likeness (QED) is 0.612. The van der Waals surface area contributed by atoms with Crippen LogP contribution in [0.2, 0.25) is 0 Å². The first-order valence-corrected chi connectivity index (χ1v) is 4.49. The van der Waals surface area contributed by atoms with Crippen LogP contribution in [0.25, 0.3) is 0 Å². The molecule has 0 amide bonds. The summed E-state index contributed by atoms with van der Waals surface area (Å²) in [5, 5.41) is 7.68. The fourth-order valence-corrected chi connectivity index (χ4v) is 1.43. The van der Waals surface area contributed by atoms with Crippen molar-refractivity contribution in [3.63, 3.8) is 0 Å².